The molecule has 0 unspecified atom stereocenters. The molecule has 0 aliphatic rings. The largest absolute Gasteiger partial charge is 0.467 e. The fourth-order valence-electron chi connectivity index (χ4n) is 1.86. The van der Waals surface area contributed by atoms with Crippen LogP contribution < -0.4 is 10.2 Å². The third-order valence-electron chi connectivity index (χ3n) is 2.92. The molecule has 1 aromatic heterocycles. The number of benzene rings is 1. The Balaban J connectivity index is 2.07. The van der Waals surface area contributed by atoms with Gasteiger partial charge in [-0.25, -0.2) is 0 Å². The summed E-state index contributed by atoms with van der Waals surface area (Å²) in [6.07, 6.45) is 1.52. The fraction of sp³-hybridized carbons (Fsp3) is 0.200. The van der Waals surface area contributed by atoms with Crippen LogP contribution in [0.2, 0.25) is 10.0 Å². The van der Waals surface area contributed by atoms with Gasteiger partial charge in [-0.1, -0.05) is 23.2 Å². The number of furan rings is 1. The lowest BCUT2D eigenvalue weighted by Gasteiger charge is -2.22. The molecular formula is C15H14Cl2N2O3. The number of carbonyl (C=O) groups is 2. The number of nitrogens with one attached hydrogen (secondary N) is 1. The van der Waals surface area contributed by atoms with Gasteiger partial charge in [0.2, 0.25) is 11.8 Å². The molecule has 0 aliphatic carbocycles. The van der Waals surface area contributed by atoms with E-state index in [9.17, 15) is 9.59 Å². The predicted molar refractivity (Wildman–Crippen MR) is 85.0 cm³/mol. The van der Waals surface area contributed by atoms with Crippen molar-refractivity contribution >= 4 is 40.7 Å². The summed E-state index contributed by atoms with van der Waals surface area (Å²) in [4.78, 5) is 25.1. The van der Waals surface area contributed by atoms with E-state index in [1.54, 1.807) is 30.3 Å². The Kier molecular flexibility index (Phi) is 5.46. The van der Waals surface area contributed by atoms with Gasteiger partial charge in [0.15, 0.2) is 0 Å². The zero-order valence-electron chi connectivity index (χ0n) is 11.8. The zero-order valence-corrected chi connectivity index (χ0v) is 13.3. The van der Waals surface area contributed by atoms with Gasteiger partial charge in [-0.2, -0.15) is 0 Å². The second-order valence-corrected chi connectivity index (χ2v) is 5.40. The molecule has 0 spiro atoms. The van der Waals surface area contributed by atoms with Crippen molar-refractivity contribution < 1.29 is 14.0 Å². The molecular weight excluding hydrogens is 327 g/mol. The molecule has 116 valence electrons. The lowest BCUT2D eigenvalue weighted by atomic mass is 10.2. The van der Waals surface area contributed by atoms with E-state index in [2.05, 4.69) is 5.32 Å². The van der Waals surface area contributed by atoms with E-state index in [-0.39, 0.29) is 24.9 Å². The van der Waals surface area contributed by atoms with Gasteiger partial charge in [0.1, 0.15) is 12.3 Å². The molecule has 0 radical (unpaired) electrons. The summed E-state index contributed by atoms with van der Waals surface area (Å²) < 4.78 is 5.12. The van der Waals surface area contributed by atoms with Crippen LogP contribution in [0.15, 0.2) is 41.0 Å². The van der Waals surface area contributed by atoms with Crippen LogP contribution in [-0.4, -0.2) is 18.4 Å². The minimum absolute atomic E-state index is 0.157. The SMILES string of the molecule is CC(=O)N(CC(=O)NCc1ccco1)c1cc(Cl)ccc1Cl. The maximum Gasteiger partial charge on any atom is 0.240 e. The lowest BCUT2D eigenvalue weighted by Crippen LogP contribution is -2.39. The number of nitrogens with zero attached hydrogens (tertiary/aromatic N) is 1. The molecule has 22 heavy (non-hydrogen) atoms. The molecule has 7 heteroatoms. The number of carbonyl (C=O) groups excluding carboxylic acids is 2. The van der Waals surface area contributed by atoms with E-state index < -0.39 is 0 Å². The highest BCUT2D eigenvalue weighted by Crippen LogP contribution is 2.29. The Morgan fingerprint density at radius 1 is 1.27 bits per heavy atom. The monoisotopic (exact) mass is 340 g/mol. The first-order chi connectivity index (χ1) is 10.5. The van der Waals surface area contributed by atoms with E-state index in [1.165, 1.54) is 18.1 Å². The first kappa shape index (κ1) is 16.4. The number of anilines is 1. The molecule has 1 aromatic carbocycles. The van der Waals surface area contributed by atoms with Crippen LogP contribution in [-0.2, 0) is 16.1 Å². The number of rotatable bonds is 5. The normalized spacial score (nSPS) is 10.3. The van der Waals surface area contributed by atoms with E-state index in [0.29, 0.717) is 21.5 Å². The molecule has 1 heterocycles. The first-order valence-electron chi connectivity index (χ1n) is 6.49. The smallest absolute Gasteiger partial charge is 0.240 e. The second kappa shape index (κ2) is 7.33. The molecule has 0 fully saturated rings. The first-order valence-corrected chi connectivity index (χ1v) is 7.25. The Labute approximate surface area is 137 Å². The average Bonchev–Trinajstić information content (AvgIpc) is 2.98. The molecule has 0 saturated carbocycles. The molecule has 1 N–H and O–H groups in total. The standard InChI is InChI=1S/C15H14Cl2N2O3/c1-10(20)19(14-7-11(16)4-5-13(14)17)9-15(21)18-8-12-3-2-6-22-12/h2-7H,8-9H2,1H3,(H,18,21). The van der Waals surface area contributed by atoms with Gasteiger partial charge in [0, 0.05) is 11.9 Å². The van der Waals surface area contributed by atoms with Crippen molar-refractivity contribution in [3.63, 3.8) is 0 Å². The molecule has 0 bridgehead atoms. The number of halogens is 2. The van der Waals surface area contributed by atoms with Crippen LogP contribution >= 0.6 is 23.2 Å². The molecule has 2 aromatic rings. The van der Waals surface area contributed by atoms with Gasteiger partial charge in [-0.15, -0.1) is 0 Å². The summed E-state index contributed by atoms with van der Waals surface area (Å²) in [6.45, 7) is 1.45. The fourth-order valence-corrected chi connectivity index (χ4v) is 2.24. The summed E-state index contributed by atoms with van der Waals surface area (Å²) in [5.41, 5.74) is 0.398. The van der Waals surface area contributed by atoms with Crippen LogP contribution in [0.25, 0.3) is 0 Å². The Hall–Kier alpha value is -1.98. The highest BCUT2D eigenvalue weighted by molar-refractivity contribution is 6.35. The van der Waals surface area contributed by atoms with Crippen LogP contribution in [0.1, 0.15) is 12.7 Å². The predicted octanol–water partition coefficient (Wildman–Crippen LogP) is 3.26. The highest BCUT2D eigenvalue weighted by atomic mass is 35.5. The van der Waals surface area contributed by atoms with E-state index >= 15 is 0 Å². The zero-order chi connectivity index (χ0) is 16.1. The van der Waals surface area contributed by atoms with Crippen LogP contribution in [0.4, 0.5) is 5.69 Å². The minimum Gasteiger partial charge on any atom is -0.467 e. The molecule has 0 saturated heterocycles. The van der Waals surface area contributed by atoms with E-state index in [0.717, 1.165) is 0 Å². The molecule has 0 aliphatic heterocycles. The maximum absolute atomic E-state index is 12.0. The van der Waals surface area contributed by atoms with E-state index in [1.807, 2.05) is 0 Å². The van der Waals surface area contributed by atoms with E-state index in [4.69, 9.17) is 27.6 Å². The summed E-state index contributed by atoms with van der Waals surface area (Å²) >= 11 is 12.0. The van der Waals surface area contributed by atoms with Crippen molar-refractivity contribution in [2.75, 3.05) is 11.4 Å². The summed E-state index contributed by atoms with van der Waals surface area (Å²) in [7, 11) is 0. The van der Waals surface area contributed by atoms with Crippen molar-refractivity contribution in [3.05, 3.63) is 52.4 Å². The molecule has 0 atom stereocenters. The Morgan fingerprint density at radius 2 is 2.05 bits per heavy atom. The number of amides is 2. The topological polar surface area (TPSA) is 62.6 Å². The third-order valence-corrected chi connectivity index (χ3v) is 3.48. The van der Waals surface area contributed by atoms with Crippen molar-refractivity contribution in [1.82, 2.24) is 5.32 Å². The van der Waals surface area contributed by atoms with Crippen molar-refractivity contribution in [1.29, 1.82) is 0 Å². The quantitative estimate of drug-likeness (QED) is 0.908. The third kappa shape index (κ3) is 4.26. The maximum atomic E-state index is 12.0. The van der Waals surface area contributed by atoms with Gasteiger partial charge in [0.05, 0.1) is 23.5 Å². The van der Waals surface area contributed by atoms with Gasteiger partial charge in [-0.3, -0.25) is 9.59 Å². The molecule has 2 rings (SSSR count). The van der Waals surface area contributed by atoms with Gasteiger partial charge in [0.25, 0.3) is 0 Å². The summed E-state index contributed by atoms with van der Waals surface area (Å²) in [5.74, 6) is -0.0107. The summed E-state index contributed by atoms with van der Waals surface area (Å²) in [6, 6.07) is 8.22. The van der Waals surface area contributed by atoms with Crippen LogP contribution in [0.3, 0.4) is 0 Å². The Bertz CT molecular complexity index is 671. The van der Waals surface area contributed by atoms with Gasteiger partial charge < -0.3 is 14.6 Å². The highest BCUT2D eigenvalue weighted by Gasteiger charge is 2.18. The Morgan fingerprint density at radius 3 is 2.68 bits per heavy atom. The van der Waals surface area contributed by atoms with Crippen LogP contribution in [0, 0.1) is 0 Å². The lowest BCUT2D eigenvalue weighted by molar-refractivity contribution is -0.123. The number of hydrogen-bond donors (Lipinski definition) is 1. The van der Waals surface area contributed by atoms with Gasteiger partial charge in [-0.05, 0) is 30.3 Å². The van der Waals surface area contributed by atoms with Crippen molar-refractivity contribution in [3.8, 4) is 0 Å². The molecule has 2 amide bonds. The van der Waals surface area contributed by atoms with Gasteiger partial charge >= 0.3 is 0 Å². The van der Waals surface area contributed by atoms with Crippen molar-refractivity contribution in [2.45, 2.75) is 13.5 Å². The minimum atomic E-state index is -0.331. The number of hydrogen-bond acceptors (Lipinski definition) is 3. The summed E-state index contributed by atoms with van der Waals surface area (Å²) in [5, 5.41) is 3.45. The average molecular weight is 341 g/mol. The van der Waals surface area contributed by atoms with Crippen molar-refractivity contribution in [2.24, 2.45) is 0 Å². The molecule has 5 nitrogen and oxygen atoms in total. The van der Waals surface area contributed by atoms with Crippen LogP contribution in [0.5, 0.6) is 0 Å². The second-order valence-electron chi connectivity index (χ2n) is 4.56.